The summed E-state index contributed by atoms with van der Waals surface area (Å²) in [4.78, 5) is 17.7. The standard InChI is InChI=1S/C10H12N2O2/c1-7(10(13)14-3)6-8-4-5-12-9(8)11-2/h4-6,12H,2H2,1,3H3/b7-6+. The number of hydrogen-bond donors (Lipinski definition) is 1. The first kappa shape index (κ1) is 10.2. The van der Waals surface area contributed by atoms with E-state index in [1.807, 2.05) is 6.07 Å². The average molecular weight is 192 g/mol. The molecule has 0 spiro atoms. The van der Waals surface area contributed by atoms with Crippen molar-refractivity contribution < 1.29 is 9.53 Å². The van der Waals surface area contributed by atoms with E-state index in [1.54, 1.807) is 19.2 Å². The molecule has 0 aliphatic carbocycles. The van der Waals surface area contributed by atoms with Gasteiger partial charge in [0, 0.05) is 17.3 Å². The second kappa shape index (κ2) is 4.41. The van der Waals surface area contributed by atoms with Crippen LogP contribution in [0.15, 0.2) is 22.8 Å². The summed E-state index contributed by atoms with van der Waals surface area (Å²) < 4.78 is 4.57. The Morgan fingerprint density at radius 2 is 2.43 bits per heavy atom. The lowest BCUT2D eigenvalue weighted by Gasteiger charge is -1.97. The minimum atomic E-state index is -0.346. The van der Waals surface area contributed by atoms with E-state index in [-0.39, 0.29) is 5.97 Å². The number of aromatic amines is 1. The lowest BCUT2D eigenvalue weighted by molar-refractivity contribution is -0.135. The number of esters is 1. The number of rotatable bonds is 3. The molecule has 0 aliphatic heterocycles. The van der Waals surface area contributed by atoms with Gasteiger partial charge in [0.05, 0.1) is 7.11 Å². The topological polar surface area (TPSA) is 54.5 Å². The molecule has 1 heterocycles. The third-order valence-corrected chi connectivity index (χ3v) is 1.79. The third-order valence-electron chi connectivity index (χ3n) is 1.79. The molecule has 4 heteroatoms. The maximum Gasteiger partial charge on any atom is 0.333 e. The van der Waals surface area contributed by atoms with Crippen LogP contribution in [-0.2, 0) is 9.53 Å². The highest BCUT2D eigenvalue weighted by Crippen LogP contribution is 2.19. The van der Waals surface area contributed by atoms with E-state index < -0.39 is 0 Å². The Bertz CT molecular complexity index is 377. The second-order valence-corrected chi connectivity index (χ2v) is 2.76. The molecular weight excluding hydrogens is 180 g/mol. The van der Waals surface area contributed by atoms with Gasteiger partial charge in [-0.1, -0.05) is 0 Å². The summed E-state index contributed by atoms with van der Waals surface area (Å²) in [5, 5.41) is 0. The van der Waals surface area contributed by atoms with Crippen LogP contribution in [0.4, 0.5) is 5.82 Å². The zero-order chi connectivity index (χ0) is 10.6. The van der Waals surface area contributed by atoms with Gasteiger partial charge in [0.1, 0.15) is 5.82 Å². The summed E-state index contributed by atoms with van der Waals surface area (Å²) in [7, 11) is 1.35. The number of hydrogen-bond acceptors (Lipinski definition) is 3. The van der Waals surface area contributed by atoms with E-state index in [9.17, 15) is 4.79 Å². The molecule has 0 saturated carbocycles. The number of nitrogens with one attached hydrogen (secondary N) is 1. The number of nitrogens with zero attached hydrogens (tertiary/aromatic N) is 1. The van der Waals surface area contributed by atoms with Gasteiger partial charge in [-0.05, 0) is 25.8 Å². The maximum atomic E-state index is 11.1. The minimum Gasteiger partial charge on any atom is -0.466 e. The summed E-state index contributed by atoms with van der Waals surface area (Å²) in [5.41, 5.74) is 1.35. The zero-order valence-electron chi connectivity index (χ0n) is 8.20. The summed E-state index contributed by atoms with van der Waals surface area (Å²) in [5.74, 6) is 0.300. The van der Waals surface area contributed by atoms with Crippen molar-refractivity contribution in [2.75, 3.05) is 7.11 Å². The molecule has 0 bridgehead atoms. The fourth-order valence-corrected chi connectivity index (χ4v) is 1.08. The number of H-pyrrole nitrogens is 1. The molecule has 14 heavy (non-hydrogen) atoms. The van der Waals surface area contributed by atoms with Crippen LogP contribution in [0.2, 0.25) is 0 Å². The van der Waals surface area contributed by atoms with E-state index in [0.29, 0.717) is 11.4 Å². The number of methoxy groups -OCH3 is 1. The van der Waals surface area contributed by atoms with Gasteiger partial charge in [-0.15, -0.1) is 0 Å². The van der Waals surface area contributed by atoms with Crippen LogP contribution in [0.25, 0.3) is 6.08 Å². The zero-order valence-corrected chi connectivity index (χ0v) is 8.20. The van der Waals surface area contributed by atoms with Crippen molar-refractivity contribution in [1.82, 2.24) is 4.98 Å². The van der Waals surface area contributed by atoms with Gasteiger partial charge in [-0.3, -0.25) is 0 Å². The van der Waals surface area contributed by atoms with E-state index in [2.05, 4.69) is 21.4 Å². The predicted octanol–water partition coefficient (Wildman–Crippen LogP) is 1.92. The molecule has 1 N–H and O–H groups in total. The number of aliphatic imine (C=N–C) groups is 1. The van der Waals surface area contributed by atoms with Crippen LogP contribution in [0.1, 0.15) is 12.5 Å². The summed E-state index contributed by atoms with van der Waals surface area (Å²) in [6, 6.07) is 1.82. The van der Waals surface area contributed by atoms with E-state index in [0.717, 1.165) is 5.56 Å². The molecule has 0 fully saturated rings. The number of aromatic nitrogens is 1. The Kier molecular flexibility index (Phi) is 3.23. The van der Waals surface area contributed by atoms with Crippen molar-refractivity contribution in [1.29, 1.82) is 0 Å². The molecule has 1 aromatic heterocycles. The Labute approximate surface area is 82.3 Å². The summed E-state index contributed by atoms with van der Waals surface area (Å²) in [6.45, 7) is 5.10. The first-order chi connectivity index (χ1) is 6.69. The minimum absolute atomic E-state index is 0.346. The van der Waals surface area contributed by atoms with Gasteiger partial charge in [-0.25, -0.2) is 9.79 Å². The lowest BCUT2D eigenvalue weighted by Crippen LogP contribution is -2.00. The molecule has 0 atom stereocenters. The van der Waals surface area contributed by atoms with E-state index in [4.69, 9.17) is 0 Å². The van der Waals surface area contributed by atoms with Crippen molar-refractivity contribution in [2.45, 2.75) is 6.92 Å². The molecule has 0 saturated heterocycles. The van der Waals surface area contributed by atoms with Gasteiger partial charge in [0.15, 0.2) is 0 Å². The molecular formula is C10H12N2O2. The highest BCUT2D eigenvalue weighted by molar-refractivity contribution is 5.93. The fraction of sp³-hybridized carbons (Fsp3) is 0.200. The normalized spacial score (nSPS) is 11.1. The van der Waals surface area contributed by atoms with Crippen LogP contribution in [0.5, 0.6) is 0 Å². The van der Waals surface area contributed by atoms with E-state index in [1.165, 1.54) is 7.11 Å². The number of carbonyl (C=O) groups excluding carboxylic acids is 1. The maximum absolute atomic E-state index is 11.1. The predicted molar refractivity (Wildman–Crippen MR) is 55.7 cm³/mol. The number of carbonyl (C=O) groups is 1. The third kappa shape index (κ3) is 2.10. The van der Waals surface area contributed by atoms with Crippen LogP contribution in [0, 0.1) is 0 Å². The smallest absolute Gasteiger partial charge is 0.333 e. The molecule has 0 amide bonds. The summed E-state index contributed by atoms with van der Waals surface area (Å²) >= 11 is 0. The second-order valence-electron chi connectivity index (χ2n) is 2.76. The quantitative estimate of drug-likeness (QED) is 0.452. The molecule has 0 unspecified atom stereocenters. The molecule has 0 radical (unpaired) electrons. The van der Waals surface area contributed by atoms with Gasteiger partial charge in [-0.2, -0.15) is 0 Å². The molecule has 0 aliphatic rings. The van der Waals surface area contributed by atoms with Crippen LogP contribution in [-0.4, -0.2) is 24.8 Å². The molecule has 1 aromatic rings. The van der Waals surface area contributed by atoms with Crippen LogP contribution in [0.3, 0.4) is 0 Å². The van der Waals surface area contributed by atoms with Gasteiger partial charge < -0.3 is 9.72 Å². The Morgan fingerprint density at radius 3 is 3.00 bits per heavy atom. The lowest BCUT2D eigenvalue weighted by atomic mass is 10.2. The fourth-order valence-electron chi connectivity index (χ4n) is 1.08. The first-order valence-electron chi connectivity index (χ1n) is 4.09. The van der Waals surface area contributed by atoms with Crippen molar-refractivity contribution in [3.63, 3.8) is 0 Å². The Morgan fingerprint density at radius 1 is 1.71 bits per heavy atom. The Balaban J connectivity index is 2.96. The van der Waals surface area contributed by atoms with Gasteiger partial charge in [0.25, 0.3) is 0 Å². The van der Waals surface area contributed by atoms with Crippen molar-refractivity contribution >= 4 is 24.6 Å². The highest BCUT2D eigenvalue weighted by atomic mass is 16.5. The average Bonchev–Trinajstić information content (AvgIpc) is 2.63. The Hall–Kier alpha value is -1.84. The largest absolute Gasteiger partial charge is 0.466 e. The molecule has 0 aromatic carbocycles. The SMILES string of the molecule is C=Nc1[nH]ccc1/C=C(\C)C(=O)OC. The van der Waals surface area contributed by atoms with Crippen molar-refractivity contribution in [3.05, 3.63) is 23.4 Å². The van der Waals surface area contributed by atoms with Gasteiger partial charge in [0.2, 0.25) is 0 Å². The molecule has 1 rings (SSSR count). The molecule has 4 nitrogen and oxygen atoms in total. The number of ether oxygens (including phenoxy) is 1. The van der Waals surface area contributed by atoms with Crippen molar-refractivity contribution in [2.24, 2.45) is 4.99 Å². The monoisotopic (exact) mass is 192 g/mol. The molecule has 74 valence electrons. The van der Waals surface area contributed by atoms with E-state index >= 15 is 0 Å². The summed E-state index contributed by atoms with van der Waals surface area (Å²) in [6.07, 6.45) is 3.44. The van der Waals surface area contributed by atoms with Crippen LogP contribution < -0.4 is 0 Å². The van der Waals surface area contributed by atoms with Crippen molar-refractivity contribution in [3.8, 4) is 0 Å². The highest BCUT2D eigenvalue weighted by Gasteiger charge is 2.05. The van der Waals surface area contributed by atoms with Crippen LogP contribution >= 0.6 is 0 Å². The van der Waals surface area contributed by atoms with Gasteiger partial charge >= 0.3 is 5.97 Å². The first-order valence-corrected chi connectivity index (χ1v) is 4.09.